The normalized spacial score (nSPS) is 10.6. The lowest BCUT2D eigenvalue weighted by Gasteiger charge is -2.00. The average Bonchev–Trinajstić information content (AvgIpc) is 2.21. The fourth-order valence-electron chi connectivity index (χ4n) is 0.756. The van der Waals surface area contributed by atoms with Crippen LogP contribution in [0.15, 0.2) is 6.08 Å². The van der Waals surface area contributed by atoms with Crippen LogP contribution in [0.1, 0.15) is 5.69 Å². The van der Waals surface area contributed by atoms with E-state index in [0.29, 0.717) is 0 Å². The van der Waals surface area contributed by atoms with Crippen LogP contribution in [0.25, 0.3) is 6.08 Å². The summed E-state index contributed by atoms with van der Waals surface area (Å²) in [5, 5.41) is 0.0415. The lowest BCUT2D eigenvalue weighted by Crippen LogP contribution is -1.99. The summed E-state index contributed by atoms with van der Waals surface area (Å²) >= 11 is 11.2. The Balaban J connectivity index is 3.00. The number of nitrogen functional groups attached to an aromatic ring is 1. The summed E-state index contributed by atoms with van der Waals surface area (Å²) in [6.45, 7) is 0. The number of rotatable bonds is 2. The number of methoxy groups -OCH3 is 1. The van der Waals surface area contributed by atoms with Gasteiger partial charge in [-0.2, -0.15) is 0 Å². The van der Waals surface area contributed by atoms with E-state index in [4.69, 9.17) is 28.9 Å². The monoisotopic (exact) mass is 247 g/mol. The Morgan fingerprint density at radius 1 is 1.40 bits per heavy atom. The van der Waals surface area contributed by atoms with E-state index < -0.39 is 5.97 Å². The summed E-state index contributed by atoms with van der Waals surface area (Å²) in [5.41, 5.74) is 5.76. The Morgan fingerprint density at radius 2 is 2.00 bits per heavy atom. The quantitative estimate of drug-likeness (QED) is 0.634. The number of anilines is 1. The van der Waals surface area contributed by atoms with Gasteiger partial charge < -0.3 is 10.5 Å². The van der Waals surface area contributed by atoms with Gasteiger partial charge in [-0.15, -0.1) is 0 Å². The molecule has 0 spiro atoms. The second-order valence-electron chi connectivity index (χ2n) is 2.43. The van der Waals surface area contributed by atoms with Crippen molar-refractivity contribution in [2.24, 2.45) is 0 Å². The van der Waals surface area contributed by atoms with Crippen molar-refractivity contribution >= 4 is 41.1 Å². The predicted molar refractivity (Wildman–Crippen MR) is 57.5 cm³/mol. The number of carbonyl (C=O) groups is 1. The molecule has 0 saturated carbocycles. The number of halogens is 2. The fourth-order valence-corrected chi connectivity index (χ4v) is 1.02. The molecule has 0 bridgehead atoms. The first kappa shape index (κ1) is 11.7. The largest absolute Gasteiger partial charge is 0.466 e. The van der Waals surface area contributed by atoms with Gasteiger partial charge in [0.05, 0.1) is 7.11 Å². The van der Waals surface area contributed by atoms with Gasteiger partial charge in [0, 0.05) is 6.08 Å². The Kier molecular flexibility index (Phi) is 3.88. The predicted octanol–water partition coefficient (Wildman–Crippen LogP) is 1.55. The van der Waals surface area contributed by atoms with E-state index in [-0.39, 0.29) is 21.8 Å². The van der Waals surface area contributed by atoms with Gasteiger partial charge in [-0.05, 0) is 6.08 Å². The molecule has 0 aromatic carbocycles. The van der Waals surface area contributed by atoms with Crippen LogP contribution in [-0.4, -0.2) is 23.0 Å². The molecule has 1 rings (SSSR count). The van der Waals surface area contributed by atoms with Crippen molar-refractivity contribution in [2.75, 3.05) is 12.8 Å². The Labute approximate surface area is 95.9 Å². The molecular weight excluding hydrogens is 241 g/mol. The van der Waals surface area contributed by atoms with Gasteiger partial charge in [0.1, 0.15) is 5.69 Å². The van der Waals surface area contributed by atoms with Gasteiger partial charge in [0.15, 0.2) is 16.1 Å². The average molecular weight is 248 g/mol. The number of esters is 1. The molecule has 1 heterocycles. The third-order valence-electron chi connectivity index (χ3n) is 1.45. The number of hydrogen-bond donors (Lipinski definition) is 1. The van der Waals surface area contributed by atoms with Crippen LogP contribution in [-0.2, 0) is 9.53 Å². The minimum absolute atomic E-state index is 0.0179. The highest BCUT2D eigenvalue weighted by atomic mass is 35.5. The van der Waals surface area contributed by atoms with Crippen molar-refractivity contribution in [2.45, 2.75) is 0 Å². The van der Waals surface area contributed by atoms with Crippen LogP contribution in [0, 0.1) is 0 Å². The molecule has 2 N–H and O–H groups in total. The van der Waals surface area contributed by atoms with E-state index in [1.54, 1.807) is 0 Å². The zero-order chi connectivity index (χ0) is 11.4. The van der Waals surface area contributed by atoms with E-state index in [1.165, 1.54) is 13.2 Å². The molecule has 0 aliphatic rings. The molecule has 15 heavy (non-hydrogen) atoms. The van der Waals surface area contributed by atoms with E-state index in [1.807, 2.05) is 0 Å². The minimum atomic E-state index is -0.526. The van der Waals surface area contributed by atoms with E-state index >= 15 is 0 Å². The van der Waals surface area contributed by atoms with E-state index in [2.05, 4.69) is 14.7 Å². The van der Waals surface area contributed by atoms with Gasteiger partial charge in [0.25, 0.3) is 0 Å². The third kappa shape index (κ3) is 3.07. The second kappa shape index (κ2) is 4.95. The maximum atomic E-state index is 10.8. The first-order valence-electron chi connectivity index (χ1n) is 3.79. The minimum Gasteiger partial charge on any atom is -0.466 e. The molecule has 1 aromatic heterocycles. The molecule has 5 nitrogen and oxygen atoms in total. The fraction of sp³-hybridized carbons (Fsp3) is 0.125. The molecule has 0 amide bonds. The highest BCUT2D eigenvalue weighted by Gasteiger charge is 2.06. The molecule has 0 unspecified atom stereocenters. The van der Waals surface area contributed by atoms with Crippen molar-refractivity contribution < 1.29 is 9.53 Å². The molecule has 80 valence electrons. The summed E-state index contributed by atoms with van der Waals surface area (Å²) in [6, 6.07) is 0. The molecule has 0 aliphatic carbocycles. The first-order chi connectivity index (χ1) is 7.04. The summed E-state index contributed by atoms with van der Waals surface area (Å²) in [4.78, 5) is 18.3. The Bertz CT molecular complexity index is 421. The highest BCUT2D eigenvalue weighted by molar-refractivity contribution is 6.40. The number of hydrogen-bond acceptors (Lipinski definition) is 5. The first-order valence-corrected chi connectivity index (χ1v) is 4.54. The van der Waals surface area contributed by atoms with Crippen LogP contribution >= 0.6 is 23.2 Å². The van der Waals surface area contributed by atoms with Gasteiger partial charge in [-0.1, -0.05) is 23.2 Å². The molecule has 0 aliphatic heterocycles. The van der Waals surface area contributed by atoms with Crippen molar-refractivity contribution in [3.05, 3.63) is 22.1 Å². The maximum absolute atomic E-state index is 10.8. The second-order valence-corrected chi connectivity index (χ2v) is 3.15. The summed E-state index contributed by atoms with van der Waals surface area (Å²) in [5.74, 6) is -0.438. The van der Waals surface area contributed by atoms with Crippen LogP contribution in [0.4, 0.5) is 5.82 Å². The van der Waals surface area contributed by atoms with Crippen molar-refractivity contribution in [1.29, 1.82) is 0 Å². The molecular formula is C8H7Cl2N3O2. The zero-order valence-electron chi connectivity index (χ0n) is 7.70. The van der Waals surface area contributed by atoms with Gasteiger partial charge in [-0.3, -0.25) is 0 Å². The lowest BCUT2D eigenvalue weighted by atomic mass is 10.3. The van der Waals surface area contributed by atoms with Crippen LogP contribution < -0.4 is 5.73 Å². The number of aromatic nitrogens is 2. The maximum Gasteiger partial charge on any atom is 0.330 e. The Morgan fingerprint density at radius 3 is 2.60 bits per heavy atom. The third-order valence-corrected chi connectivity index (χ3v) is 2.07. The molecule has 1 aromatic rings. The molecule has 7 heteroatoms. The van der Waals surface area contributed by atoms with Crippen molar-refractivity contribution in [3.8, 4) is 0 Å². The van der Waals surface area contributed by atoms with Crippen LogP contribution in [0.3, 0.4) is 0 Å². The van der Waals surface area contributed by atoms with Crippen molar-refractivity contribution in [3.63, 3.8) is 0 Å². The number of nitrogens with zero attached hydrogens (tertiary/aromatic N) is 2. The number of carbonyl (C=O) groups excluding carboxylic acids is 1. The summed E-state index contributed by atoms with van der Waals surface area (Å²) in [6.07, 6.45) is 2.50. The van der Waals surface area contributed by atoms with E-state index in [0.717, 1.165) is 6.08 Å². The SMILES string of the molecule is COC(=O)/C=C/c1nc(Cl)c(Cl)nc1N. The molecule has 0 saturated heterocycles. The number of ether oxygens (including phenoxy) is 1. The van der Waals surface area contributed by atoms with Crippen LogP contribution in [0.2, 0.25) is 10.3 Å². The van der Waals surface area contributed by atoms with Crippen LogP contribution in [0.5, 0.6) is 0 Å². The van der Waals surface area contributed by atoms with Gasteiger partial charge >= 0.3 is 5.97 Å². The summed E-state index contributed by atoms with van der Waals surface area (Å²) in [7, 11) is 1.26. The smallest absolute Gasteiger partial charge is 0.330 e. The standard InChI is InChI=1S/C8H7Cl2N3O2/c1-15-5(14)3-2-4-8(11)13-7(10)6(9)12-4/h2-3H,1H3,(H2,11,13)/b3-2+. The Hall–Kier alpha value is -1.33. The topological polar surface area (TPSA) is 78.1 Å². The highest BCUT2D eigenvalue weighted by Crippen LogP contribution is 2.20. The van der Waals surface area contributed by atoms with Gasteiger partial charge in [-0.25, -0.2) is 14.8 Å². The molecule has 0 atom stereocenters. The molecule has 0 fully saturated rings. The van der Waals surface area contributed by atoms with Crippen molar-refractivity contribution in [1.82, 2.24) is 9.97 Å². The number of nitrogens with two attached hydrogens (primary N) is 1. The molecule has 0 radical (unpaired) electrons. The van der Waals surface area contributed by atoms with E-state index in [9.17, 15) is 4.79 Å². The zero-order valence-corrected chi connectivity index (χ0v) is 9.21. The summed E-state index contributed by atoms with van der Waals surface area (Å²) < 4.78 is 4.39. The van der Waals surface area contributed by atoms with Gasteiger partial charge in [0.2, 0.25) is 0 Å². The lowest BCUT2D eigenvalue weighted by molar-refractivity contribution is -0.134.